The Labute approximate surface area is 453 Å². The van der Waals surface area contributed by atoms with Gasteiger partial charge in [-0.1, -0.05) is 133 Å². The number of nitriles is 2. The molecule has 2 aliphatic rings. The lowest BCUT2D eigenvalue weighted by atomic mass is 9.70. The number of allylic oxidation sites excluding steroid dienone is 2. The summed E-state index contributed by atoms with van der Waals surface area (Å²) in [7, 11) is 0. The lowest BCUT2D eigenvalue weighted by molar-refractivity contribution is 0.793. The molecule has 0 atom stereocenters. The Morgan fingerprint density at radius 3 is 1.04 bits per heavy atom. The zero-order valence-corrected chi connectivity index (χ0v) is 42.9. The van der Waals surface area contributed by atoms with Gasteiger partial charge in [0.05, 0.1) is 37.0 Å². The number of anilines is 6. The number of thiazole rings is 2. The first-order valence-electron chi connectivity index (χ1n) is 25.4. The third-order valence-electron chi connectivity index (χ3n) is 14.8. The van der Waals surface area contributed by atoms with E-state index in [1.54, 1.807) is 0 Å². The van der Waals surface area contributed by atoms with Crippen LogP contribution in [0.3, 0.4) is 0 Å². The minimum absolute atomic E-state index is 0.501. The van der Waals surface area contributed by atoms with Gasteiger partial charge >= 0.3 is 0 Å². The van der Waals surface area contributed by atoms with Crippen LogP contribution in [0.1, 0.15) is 43.4 Å². The molecular formula is C69H42N6S2. The summed E-state index contributed by atoms with van der Waals surface area (Å²) >= 11 is 3.06. The monoisotopic (exact) mass is 1020 g/mol. The molecule has 360 valence electrons. The lowest BCUT2D eigenvalue weighted by Crippen LogP contribution is -2.27. The number of fused-ring (bicyclic) bond motifs is 12. The Bertz CT molecular complexity index is 4000. The number of nitrogens with zero attached hydrogens (tertiary/aromatic N) is 6. The van der Waals surface area contributed by atoms with Gasteiger partial charge in [0.15, 0.2) is 0 Å². The Kier molecular flexibility index (Phi) is 11.1. The van der Waals surface area contributed by atoms with Gasteiger partial charge in [0.2, 0.25) is 0 Å². The largest absolute Gasteiger partial charge is 0.310 e. The summed E-state index contributed by atoms with van der Waals surface area (Å²) in [6, 6.07) is 90.5. The molecule has 0 saturated heterocycles. The molecular weight excluding hydrogens is 977 g/mol. The third-order valence-corrected chi connectivity index (χ3v) is 16.9. The molecule has 14 rings (SSSR count). The van der Waals surface area contributed by atoms with Crippen molar-refractivity contribution in [3.05, 3.63) is 286 Å². The highest BCUT2D eigenvalue weighted by molar-refractivity contribution is 7.20. The van der Waals surface area contributed by atoms with E-state index in [1.165, 1.54) is 22.7 Å². The van der Waals surface area contributed by atoms with E-state index in [4.69, 9.17) is 9.97 Å². The van der Waals surface area contributed by atoms with E-state index in [1.807, 2.05) is 48.6 Å². The first kappa shape index (κ1) is 45.6. The molecule has 1 spiro atoms. The summed E-state index contributed by atoms with van der Waals surface area (Å²) < 4.78 is 2.07. The molecule has 2 heterocycles. The van der Waals surface area contributed by atoms with Crippen LogP contribution < -0.4 is 9.80 Å². The summed E-state index contributed by atoms with van der Waals surface area (Å²) in [5.74, 6) is 0. The van der Waals surface area contributed by atoms with Gasteiger partial charge < -0.3 is 9.80 Å². The van der Waals surface area contributed by atoms with Crippen LogP contribution in [0.15, 0.2) is 243 Å². The minimum Gasteiger partial charge on any atom is -0.310 e. The van der Waals surface area contributed by atoms with Crippen LogP contribution in [0, 0.1) is 22.7 Å². The summed E-state index contributed by atoms with van der Waals surface area (Å²) in [6.07, 6.45) is 3.98. The summed E-state index contributed by atoms with van der Waals surface area (Å²) in [5.41, 5.74) is 18.7. The number of para-hydroxylation sites is 6. The Balaban J connectivity index is 1.06. The lowest BCUT2D eigenvalue weighted by Gasteiger charge is -2.33. The SMILES string of the molecule is N#C/C(=C/c1ccc2c(c1)C1(c3cc(/C=C(/C#N)c4nc5ccccc5s4)ccc3-c3ccc(N(c4ccccc4)c4ccccc4)cc31)c1cc(N(c3ccccc3)c3ccccc3)ccc1-2)c1nc2ccccc2s1. The van der Waals surface area contributed by atoms with Crippen LogP contribution in [0.25, 0.3) is 66.0 Å². The van der Waals surface area contributed by atoms with Gasteiger partial charge in [0.1, 0.15) is 22.2 Å². The highest BCUT2D eigenvalue weighted by Gasteiger charge is 2.52. The molecule has 0 amide bonds. The summed E-state index contributed by atoms with van der Waals surface area (Å²) in [4.78, 5) is 14.5. The van der Waals surface area contributed by atoms with Crippen molar-refractivity contribution in [3.8, 4) is 34.4 Å². The van der Waals surface area contributed by atoms with Crippen LogP contribution in [0.2, 0.25) is 0 Å². The quantitative estimate of drug-likeness (QED) is 0.127. The van der Waals surface area contributed by atoms with Crippen LogP contribution >= 0.6 is 22.7 Å². The van der Waals surface area contributed by atoms with Crippen molar-refractivity contribution < 1.29 is 0 Å². The minimum atomic E-state index is -0.904. The van der Waals surface area contributed by atoms with E-state index in [0.717, 1.165) is 110 Å². The van der Waals surface area contributed by atoms with E-state index in [2.05, 4.69) is 228 Å². The molecule has 12 aromatic rings. The molecule has 0 radical (unpaired) electrons. The zero-order valence-electron chi connectivity index (χ0n) is 41.2. The molecule has 0 bridgehead atoms. The van der Waals surface area contributed by atoms with Crippen LogP contribution in [0.4, 0.5) is 34.1 Å². The molecule has 0 aliphatic heterocycles. The van der Waals surface area contributed by atoms with E-state index in [-0.39, 0.29) is 0 Å². The van der Waals surface area contributed by atoms with Crippen molar-refractivity contribution in [2.24, 2.45) is 0 Å². The predicted molar refractivity (Wildman–Crippen MR) is 318 cm³/mol. The number of aromatic nitrogens is 2. The normalized spacial score (nSPS) is 12.9. The second-order valence-corrected chi connectivity index (χ2v) is 21.2. The number of hydrogen-bond donors (Lipinski definition) is 0. The van der Waals surface area contributed by atoms with Crippen LogP contribution in [-0.2, 0) is 5.41 Å². The predicted octanol–water partition coefficient (Wildman–Crippen LogP) is 18.3. The van der Waals surface area contributed by atoms with E-state index in [0.29, 0.717) is 21.2 Å². The fraction of sp³-hybridized carbons (Fsp3) is 0.0145. The first-order chi connectivity index (χ1) is 38.0. The highest BCUT2D eigenvalue weighted by Crippen LogP contribution is 2.64. The molecule has 6 nitrogen and oxygen atoms in total. The molecule has 2 aromatic heterocycles. The van der Waals surface area contributed by atoms with Gasteiger partial charge in [0, 0.05) is 34.1 Å². The molecule has 2 aliphatic carbocycles. The number of rotatable bonds is 10. The smallest absolute Gasteiger partial charge is 0.135 e. The Morgan fingerprint density at radius 1 is 0.364 bits per heavy atom. The third kappa shape index (κ3) is 7.66. The molecule has 77 heavy (non-hydrogen) atoms. The van der Waals surface area contributed by atoms with Crippen LogP contribution in [-0.4, -0.2) is 9.97 Å². The summed E-state index contributed by atoms with van der Waals surface area (Å²) in [6.45, 7) is 0. The Hall–Kier alpha value is -9.96. The highest BCUT2D eigenvalue weighted by atomic mass is 32.1. The van der Waals surface area contributed by atoms with Gasteiger partial charge in [-0.3, -0.25) is 0 Å². The van der Waals surface area contributed by atoms with E-state index in [9.17, 15) is 10.5 Å². The van der Waals surface area contributed by atoms with Crippen molar-refractivity contribution in [1.82, 2.24) is 9.97 Å². The zero-order chi connectivity index (χ0) is 51.5. The molecule has 0 unspecified atom stereocenters. The van der Waals surface area contributed by atoms with Gasteiger partial charge in [-0.05, 0) is 177 Å². The van der Waals surface area contributed by atoms with Gasteiger partial charge in [-0.2, -0.15) is 10.5 Å². The van der Waals surface area contributed by atoms with Crippen molar-refractivity contribution >= 4 is 101 Å². The van der Waals surface area contributed by atoms with Gasteiger partial charge in [-0.25, -0.2) is 9.97 Å². The van der Waals surface area contributed by atoms with Crippen molar-refractivity contribution in [2.75, 3.05) is 9.80 Å². The topological polar surface area (TPSA) is 79.8 Å². The van der Waals surface area contributed by atoms with Crippen molar-refractivity contribution in [2.45, 2.75) is 5.41 Å². The average Bonchev–Trinajstić information content (AvgIpc) is 4.16. The van der Waals surface area contributed by atoms with Gasteiger partial charge in [0.25, 0.3) is 0 Å². The van der Waals surface area contributed by atoms with E-state index >= 15 is 0 Å². The fourth-order valence-electron chi connectivity index (χ4n) is 11.5. The summed E-state index contributed by atoms with van der Waals surface area (Å²) in [5, 5.41) is 23.1. The standard InChI is InChI=1S/C69H42N6S2/c70-43-47(67-72-63-25-13-15-27-65(63)76-67)37-45-29-33-55-57-35-31-53(74(49-17-5-1-6-18-49)50-19-7-2-8-20-50)41-61(57)69(59(55)39-45)60-40-46(38-48(44-71)68-73-64-26-14-16-28-66(64)77-68)30-34-56(60)58-36-32-54(42-62(58)69)75(51-21-9-3-10-22-51)52-23-11-4-12-24-52/h1-42H/b47-37-,48-38-. The molecule has 0 N–H and O–H groups in total. The van der Waals surface area contributed by atoms with Crippen molar-refractivity contribution in [3.63, 3.8) is 0 Å². The molecule has 0 saturated carbocycles. The molecule has 0 fully saturated rings. The average molecular weight is 1020 g/mol. The molecule has 10 aromatic carbocycles. The van der Waals surface area contributed by atoms with Crippen molar-refractivity contribution in [1.29, 1.82) is 10.5 Å². The number of hydrogen-bond acceptors (Lipinski definition) is 8. The molecule has 8 heteroatoms. The Morgan fingerprint density at radius 2 is 0.688 bits per heavy atom. The number of benzene rings is 10. The maximum Gasteiger partial charge on any atom is 0.135 e. The first-order valence-corrected chi connectivity index (χ1v) is 27.0. The fourth-order valence-corrected chi connectivity index (χ4v) is 13.4. The van der Waals surface area contributed by atoms with Crippen LogP contribution in [0.5, 0.6) is 0 Å². The maximum atomic E-state index is 10.9. The second-order valence-electron chi connectivity index (χ2n) is 19.1. The second kappa shape index (κ2) is 18.8. The maximum absolute atomic E-state index is 10.9. The van der Waals surface area contributed by atoms with Gasteiger partial charge in [-0.15, -0.1) is 22.7 Å². The van der Waals surface area contributed by atoms with E-state index < -0.39 is 5.41 Å².